The van der Waals surface area contributed by atoms with Crippen LogP contribution >= 0.6 is 15.9 Å². The zero-order chi connectivity index (χ0) is 13.1. The van der Waals surface area contributed by atoms with Crippen molar-refractivity contribution in [2.75, 3.05) is 5.32 Å². The van der Waals surface area contributed by atoms with Crippen LogP contribution in [0.15, 0.2) is 41.0 Å². The number of benzene rings is 1. The van der Waals surface area contributed by atoms with Gasteiger partial charge in [0.25, 0.3) is 0 Å². The van der Waals surface area contributed by atoms with Crippen molar-refractivity contribution < 1.29 is 14.3 Å². The molecule has 0 radical (unpaired) electrons. The zero-order valence-electron chi connectivity index (χ0n) is 9.02. The summed E-state index contributed by atoms with van der Waals surface area (Å²) < 4.78 is 13.5. The summed E-state index contributed by atoms with van der Waals surface area (Å²) in [5.41, 5.74) is 0.755. The van der Waals surface area contributed by atoms with Crippen LogP contribution in [0.1, 0.15) is 10.4 Å². The maximum Gasteiger partial charge on any atom is 0.337 e. The number of anilines is 2. The van der Waals surface area contributed by atoms with E-state index in [2.05, 4.69) is 26.2 Å². The van der Waals surface area contributed by atoms with Gasteiger partial charge in [0, 0.05) is 10.7 Å². The van der Waals surface area contributed by atoms with E-state index in [4.69, 9.17) is 5.11 Å². The maximum absolute atomic E-state index is 12.9. The third-order valence-electron chi connectivity index (χ3n) is 2.20. The summed E-state index contributed by atoms with van der Waals surface area (Å²) in [7, 11) is 0. The number of carboxylic acids is 1. The molecule has 1 aromatic heterocycles. The van der Waals surface area contributed by atoms with Crippen molar-refractivity contribution in [2.24, 2.45) is 0 Å². The average molecular weight is 311 g/mol. The van der Waals surface area contributed by atoms with Crippen molar-refractivity contribution in [3.8, 4) is 0 Å². The number of aromatic carboxylic acids is 1. The van der Waals surface area contributed by atoms with E-state index >= 15 is 0 Å². The van der Waals surface area contributed by atoms with Crippen LogP contribution < -0.4 is 5.32 Å². The predicted molar refractivity (Wildman–Crippen MR) is 68.6 cm³/mol. The lowest BCUT2D eigenvalue weighted by Gasteiger charge is -2.07. The van der Waals surface area contributed by atoms with Gasteiger partial charge in [-0.05, 0) is 46.3 Å². The first-order valence-corrected chi connectivity index (χ1v) is 5.77. The average Bonchev–Trinajstić information content (AvgIpc) is 2.33. The van der Waals surface area contributed by atoms with Gasteiger partial charge in [0.2, 0.25) is 0 Å². The quantitative estimate of drug-likeness (QED) is 0.911. The zero-order valence-corrected chi connectivity index (χ0v) is 10.6. The van der Waals surface area contributed by atoms with Crippen LogP contribution in [0.3, 0.4) is 0 Å². The summed E-state index contributed by atoms with van der Waals surface area (Å²) >= 11 is 3.22. The molecule has 6 heteroatoms. The van der Waals surface area contributed by atoms with Crippen molar-refractivity contribution in [2.45, 2.75) is 0 Å². The number of pyridine rings is 1. The van der Waals surface area contributed by atoms with Crippen molar-refractivity contribution >= 4 is 33.4 Å². The van der Waals surface area contributed by atoms with Gasteiger partial charge in [0.15, 0.2) is 0 Å². The molecule has 1 aromatic carbocycles. The second-order valence-corrected chi connectivity index (χ2v) is 4.34. The van der Waals surface area contributed by atoms with Crippen LogP contribution in [-0.2, 0) is 0 Å². The lowest BCUT2D eigenvalue weighted by Crippen LogP contribution is -1.99. The largest absolute Gasteiger partial charge is 0.478 e. The minimum absolute atomic E-state index is 0.110. The number of rotatable bonds is 3. The van der Waals surface area contributed by atoms with Crippen molar-refractivity contribution in [1.29, 1.82) is 0 Å². The van der Waals surface area contributed by atoms with Gasteiger partial charge in [-0.25, -0.2) is 14.2 Å². The van der Waals surface area contributed by atoms with E-state index in [1.54, 1.807) is 12.1 Å². The molecule has 0 spiro atoms. The predicted octanol–water partition coefficient (Wildman–Crippen LogP) is 3.43. The highest BCUT2D eigenvalue weighted by Gasteiger charge is 2.05. The molecular weight excluding hydrogens is 303 g/mol. The van der Waals surface area contributed by atoms with Crippen LogP contribution in [-0.4, -0.2) is 16.1 Å². The third kappa shape index (κ3) is 2.84. The lowest BCUT2D eigenvalue weighted by atomic mass is 10.3. The summed E-state index contributed by atoms with van der Waals surface area (Å²) in [4.78, 5) is 14.6. The number of nitrogens with one attached hydrogen (secondary N) is 1. The summed E-state index contributed by atoms with van der Waals surface area (Å²) in [5, 5.41) is 11.7. The SMILES string of the molecule is O=C(O)c1ccc(Nc2ccc(F)cc2Br)nc1. The summed E-state index contributed by atoms with van der Waals surface area (Å²) in [6.45, 7) is 0. The molecule has 18 heavy (non-hydrogen) atoms. The van der Waals surface area contributed by atoms with Gasteiger partial charge >= 0.3 is 5.97 Å². The molecule has 4 nitrogen and oxygen atoms in total. The van der Waals surface area contributed by atoms with Crippen LogP contribution in [0, 0.1) is 5.82 Å². The number of hydrogen-bond acceptors (Lipinski definition) is 3. The van der Waals surface area contributed by atoms with E-state index in [0.29, 0.717) is 16.0 Å². The molecule has 1 heterocycles. The van der Waals surface area contributed by atoms with Gasteiger partial charge in [-0.3, -0.25) is 0 Å². The normalized spacial score (nSPS) is 10.1. The standard InChI is InChI=1S/C12H8BrFN2O2/c13-9-5-8(14)2-3-10(9)16-11-4-1-7(6-15-11)12(17)18/h1-6H,(H,15,16)(H,17,18). The van der Waals surface area contributed by atoms with Crippen LogP contribution in [0.4, 0.5) is 15.9 Å². The van der Waals surface area contributed by atoms with Gasteiger partial charge in [-0.1, -0.05) is 0 Å². The Hall–Kier alpha value is -1.95. The number of carbonyl (C=O) groups is 1. The van der Waals surface area contributed by atoms with E-state index in [1.807, 2.05) is 0 Å². The van der Waals surface area contributed by atoms with E-state index in [1.165, 1.54) is 24.4 Å². The van der Waals surface area contributed by atoms with E-state index < -0.39 is 5.97 Å². The Morgan fingerprint density at radius 3 is 2.67 bits per heavy atom. The maximum atomic E-state index is 12.9. The second kappa shape index (κ2) is 5.14. The van der Waals surface area contributed by atoms with Gasteiger partial charge in [-0.2, -0.15) is 0 Å². The first-order chi connectivity index (χ1) is 8.56. The molecule has 0 aliphatic carbocycles. The smallest absolute Gasteiger partial charge is 0.337 e. The molecule has 0 unspecified atom stereocenters. The lowest BCUT2D eigenvalue weighted by molar-refractivity contribution is 0.0696. The number of hydrogen-bond donors (Lipinski definition) is 2. The summed E-state index contributed by atoms with van der Waals surface area (Å²) in [6.07, 6.45) is 1.25. The fourth-order valence-electron chi connectivity index (χ4n) is 1.32. The van der Waals surface area contributed by atoms with Crippen LogP contribution in [0.2, 0.25) is 0 Å². The topological polar surface area (TPSA) is 62.2 Å². The number of aromatic nitrogens is 1. The minimum atomic E-state index is -1.03. The van der Waals surface area contributed by atoms with Gasteiger partial charge in [0.05, 0.1) is 11.3 Å². The Bertz CT molecular complexity index is 587. The molecule has 0 aliphatic heterocycles. The molecule has 0 saturated heterocycles. The first kappa shape index (κ1) is 12.5. The molecule has 0 fully saturated rings. The minimum Gasteiger partial charge on any atom is -0.478 e. The third-order valence-corrected chi connectivity index (χ3v) is 2.86. The molecule has 2 N–H and O–H groups in total. The van der Waals surface area contributed by atoms with Crippen LogP contribution in [0.25, 0.3) is 0 Å². The fraction of sp³-hybridized carbons (Fsp3) is 0. The Balaban J connectivity index is 2.21. The highest BCUT2D eigenvalue weighted by Crippen LogP contribution is 2.25. The Morgan fingerprint density at radius 1 is 1.33 bits per heavy atom. The van der Waals surface area contributed by atoms with Gasteiger partial charge < -0.3 is 10.4 Å². The number of halogens is 2. The molecule has 92 valence electrons. The molecule has 0 saturated carbocycles. The fourth-order valence-corrected chi connectivity index (χ4v) is 1.77. The number of carboxylic acid groups (broad SMARTS) is 1. The van der Waals surface area contributed by atoms with Crippen molar-refractivity contribution in [3.63, 3.8) is 0 Å². The van der Waals surface area contributed by atoms with E-state index in [0.717, 1.165) is 0 Å². The molecule has 0 bridgehead atoms. The Kier molecular flexibility index (Phi) is 3.57. The molecule has 0 amide bonds. The Labute approximate surface area is 111 Å². The molecule has 0 aliphatic rings. The molecule has 0 atom stereocenters. The second-order valence-electron chi connectivity index (χ2n) is 3.49. The highest BCUT2D eigenvalue weighted by molar-refractivity contribution is 9.10. The summed E-state index contributed by atoms with van der Waals surface area (Å²) in [6, 6.07) is 7.19. The monoisotopic (exact) mass is 310 g/mol. The van der Waals surface area contributed by atoms with Crippen molar-refractivity contribution in [1.82, 2.24) is 4.98 Å². The van der Waals surface area contributed by atoms with Gasteiger partial charge in [0.1, 0.15) is 11.6 Å². The van der Waals surface area contributed by atoms with E-state index in [9.17, 15) is 9.18 Å². The first-order valence-electron chi connectivity index (χ1n) is 4.97. The molecule has 2 aromatic rings. The van der Waals surface area contributed by atoms with Crippen molar-refractivity contribution in [3.05, 3.63) is 52.4 Å². The van der Waals surface area contributed by atoms with Gasteiger partial charge in [-0.15, -0.1) is 0 Å². The highest BCUT2D eigenvalue weighted by atomic mass is 79.9. The summed E-state index contributed by atoms with van der Waals surface area (Å²) in [5.74, 6) is -0.897. The van der Waals surface area contributed by atoms with Crippen LogP contribution in [0.5, 0.6) is 0 Å². The molecular formula is C12H8BrFN2O2. The Morgan fingerprint density at radius 2 is 2.11 bits per heavy atom. The van der Waals surface area contributed by atoms with E-state index in [-0.39, 0.29) is 11.4 Å². The number of nitrogens with zero attached hydrogens (tertiary/aromatic N) is 1. The molecule has 2 rings (SSSR count).